The Labute approximate surface area is 98.2 Å². The van der Waals surface area contributed by atoms with Crippen molar-refractivity contribution in [2.45, 2.75) is 19.4 Å². The summed E-state index contributed by atoms with van der Waals surface area (Å²) >= 11 is 0. The van der Waals surface area contributed by atoms with Crippen LogP contribution in [0.4, 0.5) is 5.69 Å². The molecule has 5 nitrogen and oxygen atoms in total. The van der Waals surface area contributed by atoms with Gasteiger partial charge in [0.1, 0.15) is 5.52 Å². The summed E-state index contributed by atoms with van der Waals surface area (Å²) in [6, 6.07) is 5.35. The monoisotopic (exact) mass is 231 g/mol. The Hall–Kier alpha value is -2.04. The Morgan fingerprint density at radius 3 is 3.12 bits per heavy atom. The first-order valence-electron chi connectivity index (χ1n) is 5.65. The molecule has 1 aromatic heterocycles. The second kappa shape index (κ2) is 3.76. The lowest BCUT2D eigenvalue weighted by Crippen LogP contribution is -2.23. The largest absolute Gasteiger partial charge is 0.439 e. The highest BCUT2D eigenvalue weighted by Gasteiger charge is 2.22. The van der Waals surface area contributed by atoms with Crippen LogP contribution in [0.2, 0.25) is 0 Å². The number of nitrogens with zero attached hydrogens (tertiary/aromatic N) is 2. The minimum absolute atomic E-state index is 0.173. The van der Waals surface area contributed by atoms with Crippen molar-refractivity contribution in [3.63, 3.8) is 0 Å². The molecule has 88 valence electrons. The predicted molar refractivity (Wildman–Crippen MR) is 63.1 cm³/mol. The van der Waals surface area contributed by atoms with Crippen LogP contribution in [0, 0.1) is 0 Å². The van der Waals surface area contributed by atoms with Crippen LogP contribution in [0.3, 0.4) is 0 Å². The molecule has 0 saturated carbocycles. The van der Waals surface area contributed by atoms with E-state index in [-0.39, 0.29) is 5.91 Å². The molecule has 2 N–H and O–H groups in total. The zero-order valence-electron chi connectivity index (χ0n) is 9.35. The molecular weight excluding hydrogens is 218 g/mol. The van der Waals surface area contributed by atoms with Gasteiger partial charge in [-0.15, -0.1) is 0 Å². The summed E-state index contributed by atoms with van der Waals surface area (Å²) in [4.78, 5) is 17.6. The van der Waals surface area contributed by atoms with E-state index in [0.717, 1.165) is 18.5 Å². The molecule has 1 aliphatic rings. The van der Waals surface area contributed by atoms with Crippen LogP contribution in [0.5, 0.6) is 0 Å². The molecule has 2 heterocycles. The van der Waals surface area contributed by atoms with Crippen molar-refractivity contribution in [1.82, 2.24) is 9.88 Å². The van der Waals surface area contributed by atoms with Crippen molar-refractivity contribution < 1.29 is 9.21 Å². The molecule has 1 fully saturated rings. The lowest BCUT2D eigenvalue weighted by molar-refractivity contribution is -0.128. The molecule has 1 amide bonds. The summed E-state index contributed by atoms with van der Waals surface area (Å²) in [5, 5.41) is 0. The minimum Gasteiger partial charge on any atom is -0.439 e. The fourth-order valence-corrected chi connectivity index (χ4v) is 2.09. The SMILES string of the molecule is Nc1ccc2oc(CN3CCCC3=O)nc2c1. The van der Waals surface area contributed by atoms with Gasteiger partial charge in [-0.3, -0.25) is 4.79 Å². The predicted octanol–water partition coefficient (Wildman–Crippen LogP) is 1.53. The number of aromatic nitrogens is 1. The molecule has 17 heavy (non-hydrogen) atoms. The zero-order valence-corrected chi connectivity index (χ0v) is 9.35. The van der Waals surface area contributed by atoms with Gasteiger partial charge in [0, 0.05) is 18.7 Å². The van der Waals surface area contributed by atoms with Crippen LogP contribution in [0.25, 0.3) is 11.1 Å². The highest BCUT2D eigenvalue weighted by molar-refractivity contribution is 5.78. The number of oxazole rings is 1. The maximum Gasteiger partial charge on any atom is 0.223 e. The smallest absolute Gasteiger partial charge is 0.223 e. The van der Waals surface area contributed by atoms with E-state index in [1.54, 1.807) is 23.1 Å². The molecule has 0 bridgehead atoms. The third-order valence-corrected chi connectivity index (χ3v) is 2.95. The first kappa shape index (κ1) is 10.1. The summed E-state index contributed by atoms with van der Waals surface area (Å²) in [5.41, 5.74) is 7.79. The number of carbonyl (C=O) groups is 1. The molecule has 0 radical (unpaired) electrons. The summed E-state index contributed by atoms with van der Waals surface area (Å²) in [5.74, 6) is 0.743. The summed E-state index contributed by atoms with van der Waals surface area (Å²) in [7, 11) is 0. The van der Waals surface area contributed by atoms with Crippen LogP contribution >= 0.6 is 0 Å². The second-order valence-corrected chi connectivity index (χ2v) is 4.25. The molecule has 0 aliphatic carbocycles. The van der Waals surface area contributed by atoms with E-state index >= 15 is 0 Å². The van der Waals surface area contributed by atoms with Crippen molar-refractivity contribution in [2.24, 2.45) is 0 Å². The highest BCUT2D eigenvalue weighted by atomic mass is 16.3. The molecule has 0 atom stereocenters. The molecule has 1 aliphatic heterocycles. The first-order chi connectivity index (χ1) is 8.22. The van der Waals surface area contributed by atoms with Gasteiger partial charge in [0.25, 0.3) is 0 Å². The Morgan fingerprint density at radius 2 is 2.35 bits per heavy atom. The third kappa shape index (κ3) is 1.84. The van der Waals surface area contributed by atoms with Gasteiger partial charge in [-0.05, 0) is 24.6 Å². The van der Waals surface area contributed by atoms with Gasteiger partial charge >= 0.3 is 0 Å². The van der Waals surface area contributed by atoms with Crippen LogP contribution in [0.1, 0.15) is 18.7 Å². The standard InChI is InChI=1S/C12H13N3O2/c13-8-3-4-10-9(6-8)14-11(17-10)7-15-5-1-2-12(15)16/h3-4,6H,1-2,5,7,13H2. The van der Waals surface area contributed by atoms with Gasteiger partial charge in [0.2, 0.25) is 11.8 Å². The maximum absolute atomic E-state index is 11.5. The van der Waals surface area contributed by atoms with E-state index < -0.39 is 0 Å². The highest BCUT2D eigenvalue weighted by Crippen LogP contribution is 2.20. The number of rotatable bonds is 2. The third-order valence-electron chi connectivity index (χ3n) is 2.95. The van der Waals surface area contributed by atoms with E-state index in [1.807, 2.05) is 0 Å². The molecule has 2 aromatic rings. The van der Waals surface area contributed by atoms with Crippen molar-refractivity contribution in [2.75, 3.05) is 12.3 Å². The van der Waals surface area contributed by atoms with E-state index in [1.165, 1.54) is 0 Å². The van der Waals surface area contributed by atoms with Crippen molar-refractivity contribution in [3.05, 3.63) is 24.1 Å². The minimum atomic E-state index is 0.173. The Kier molecular flexibility index (Phi) is 2.24. The van der Waals surface area contributed by atoms with Crippen molar-refractivity contribution in [1.29, 1.82) is 0 Å². The number of nitrogens with two attached hydrogens (primary N) is 1. The van der Waals surface area contributed by atoms with Gasteiger partial charge in [-0.1, -0.05) is 0 Å². The van der Waals surface area contributed by atoms with Gasteiger partial charge in [0.05, 0.1) is 6.54 Å². The second-order valence-electron chi connectivity index (χ2n) is 4.25. The zero-order chi connectivity index (χ0) is 11.8. The Morgan fingerprint density at radius 1 is 1.47 bits per heavy atom. The number of hydrogen-bond donors (Lipinski definition) is 1. The fourth-order valence-electron chi connectivity index (χ4n) is 2.09. The van der Waals surface area contributed by atoms with Crippen LogP contribution in [-0.4, -0.2) is 22.3 Å². The van der Waals surface area contributed by atoms with Gasteiger partial charge in [-0.2, -0.15) is 0 Å². The molecule has 1 aromatic carbocycles. The first-order valence-corrected chi connectivity index (χ1v) is 5.65. The molecule has 5 heteroatoms. The lowest BCUT2D eigenvalue weighted by Gasteiger charge is -2.11. The number of anilines is 1. The fraction of sp³-hybridized carbons (Fsp3) is 0.333. The maximum atomic E-state index is 11.5. The number of likely N-dealkylation sites (tertiary alicyclic amines) is 1. The molecule has 1 saturated heterocycles. The van der Waals surface area contributed by atoms with Crippen LogP contribution in [0.15, 0.2) is 22.6 Å². The van der Waals surface area contributed by atoms with E-state index in [4.69, 9.17) is 10.2 Å². The van der Waals surface area contributed by atoms with E-state index in [9.17, 15) is 4.79 Å². The Balaban J connectivity index is 1.88. The average molecular weight is 231 g/mol. The molecule has 0 spiro atoms. The summed E-state index contributed by atoms with van der Waals surface area (Å²) < 4.78 is 5.57. The van der Waals surface area contributed by atoms with E-state index in [0.29, 0.717) is 30.1 Å². The van der Waals surface area contributed by atoms with Crippen molar-refractivity contribution in [3.8, 4) is 0 Å². The number of carbonyl (C=O) groups excluding carboxylic acids is 1. The quantitative estimate of drug-likeness (QED) is 0.795. The van der Waals surface area contributed by atoms with Crippen molar-refractivity contribution >= 4 is 22.7 Å². The van der Waals surface area contributed by atoms with E-state index in [2.05, 4.69) is 4.98 Å². The Bertz CT molecular complexity index is 576. The van der Waals surface area contributed by atoms with Gasteiger partial charge < -0.3 is 15.1 Å². The average Bonchev–Trinajstić information content (AvgIpc) is 2.85. The van der Waals surface area contributed by atoms with Gasteiger partial charge in [0.15, 0.2) is 5.58 Å². The number of benzene rings is 1. The summed E-state index contributed by atoms with van der Waals surface area (Å²) in [6.45, 7) is 1.24. The molecule has 3 rings (SSSR count). The summed E-state index contributed by atoms with van der Waals surface area (Å²) in [6.07, 6.45) is 1.55. The van der Waals surface area contributed by atoms with Crippen LogP contribution < -0.4 is 5.73 Å². The van der Waals surface area contributed by atoms with Crippen LogP contribution in [-0.2, 0) is 11.3 Å². The normalized spacial score (nSPS) is 16.0. The number of hydrogen-bond acceptors (Lipinski definition) is 4. The van der Waals surface area contributed by atoms with Gasteiger partial charge in [-0.25, -0.2) is 4.98 Å². The number of amides is 1. The lowest BCUT2D eigenvalue weighted by atomic mass is 10.3. The topological polar surface area (TPSA) is 72.4 Å². The molecule has 0 unspecified atom stereocenters. The molecular formula is C12H13N3O2. The number of fused-ring (bicyclic) bond motifs is 1. The number of nitrogen functional groups attached to an aromatic ring is 1.